The average molecular weight is 497 g/mol. The van der Waals surface area contributed by atoms with Gasteiger partial charge in [0.05, 0.1) is 16.7 Å². The molecule has 1 saturated heterocycles. The van der Waals surface area contributed by atoms with Gasteiger partial charge in [0.15, 0.2) is 5.82 Å². The Balaban J connectivity index is 1.27. The quantitative estimate of drug-likeness (QED) is 0.375. The molecular formula is C29H29FN6O. The van der Waals surface area contributed by atoms with Crippen molar-refractivity contribution < 1.29 is 9.18 Å². The third-order valence-corrected chi connectivity index (χ3v) is 9.04. The Morgan fingerprint density at radius 1 is 1.14 bits per heavy atom. The van der Waals surface area contributed by atoms with Gasteiger partial charge in [0.25, 0.3) is 5.91 Å². The Hall–Kier alpha value is -3.65. The van der Waals surface area contributed by atoms with Gasteiger partial charge >= 0.3 is 0 Å². The number of fused-ring (bicyclic) bond motifs is 6. The van der Waals surface area contributed by atoms with Crippen molar-refractivity contribution in [3.05, 3.63) is 54.0 Å². The van der Waals surface area contributed by atoms with Gasteiger partial charge in [-0.05, 0) is 67.9 Å². The van der Waals surface area contributed by atoms with Gasteiger partial charge < -0.3 is 24.8 Å². The number of aryl methyl sites for hydroxylation is 1. The molecule has 3 aliphatic rings. The standard InChI is InChI=1S/C29H29FN6O/c1-34-27-20(30)10-18(29(37)36-14-17-5-7-23(36)25(17)31)11-22(27)33-28(34)24-12-16-4-6-21-19(8-9-32-21)26(16)35(24)13-15-2-3-15/h4,6,8-12,15,17,23,25,32H,2-3,5,7,13-14,31H2,1H3/t17-,23-,25-/m1/s1. The number of aromatic amines is 1. The lowest BCUT2D eigenvalue weighted by Crippen LogP contribution is -2.41. The first-order valence-corrected chi connectivity index (χ1v) is 13.3. The predicted molar refractivity (Wildman–Crippen MR) is 142 cm³/mol. The number of carbonyl (C=O) groups is 1. The number of carbonyl (C=O) groups excluding carboxylic acids is 1. The van der Waals surface area contributed by atoms with Crippen LogP contribution < -0.4 is 5.73 Å². The Kier molecular flexibility index (Phi) is 4.31. The molecule has 8 rings (SSSR count). The fourth-order valence-corrected chi connectivity index (χ4v) is 6.93. The van der Waals surface area contributed by atoms with Gasteiger partial charge in [-0.15, -0.1) is 0 Å². The number of nitrogens with one attached hydrogen (secondary N) is 1. The number of imidazole rings is 1. The van der Waals surface area contributed by atoms with E-state index in [-0.39, 0.29) is 18.0 Å². The molecule has 0 unspecified atom stereocenters. The predicted octanol–water partition coefficient (Wildman–Crippen LogP) is 4.79. The minimum Gasteiger partial charge on any atom is -0.361 e. The van der Waals surface area contributed by atoms with Crippen LogP contribution in [-0.2, 0) is 13.6 Å². The summed E-state index contributed by atoms with van der Waals surface area (Å²) in [5.74, 6) is 1.15. The van der Waals surface area contributed by atoms with Crippen molar-refractivity contribution in [3.63, 3.8) is 0 Å². The Labute approximate surface area is 213 Å². The summed E-state index contributed by atoms with van der Waals surface area (Å²) >= 11 is 0. The number of benzene rings is 2. The van der Waals surface area contributed by atoms with E-state index in [2.05, 4.69) is 33.8 Å². The molecule has 5 aromatic rings. The molecule has 3 aromatic heterocycles. The first-order chi connectivity index (χ1) is 18.0. The summed E-state index contributed by atoms with van der Waals surface area (Å²) in [5, 5.41) is 2.33. The number of nitrogens with zero attached hydrogens (tertiary/aromatic N) is 4. The van der Waals surface area contributed by atoms with Crippen LogP contribution in [0.25, 0.3) is 44.4 Å². The Bertz CT molecular complexity index is 1740. The molecule has 2 saturated carbocycles. The normalized spacial score (nSPS) is 23.3. The van der Waals surface area contributed by atoms with Crippen LogP contribution in [0.4, 0.5) is 4.39 Å². The Morgan fingerprint density at radius 2 is 2.00 bits per heavy atom. The van der Waals surface area contributed by atoms with Crippen molar-refractivity contribution in [1.29, 1.82) is 0 Å². The summed E-state index contributed by atoms with van der Waals surface area (Å²) < 4.78 is 19.8. The zero-order chi connectivity index (χ0) is 25.0. The number of hydrogen-bond acceptors (Lipinski definition) is 3. The van der Waals surface area contributed by atoms with Crippen molar-refractivity contribution in [1.82, 2.24) is 24.0 Å². The maximum atomic E-state index is 15.6. The van der Waals surface area contributed by atoms with Crippen LogP contribution in [0.3, 0.4) is 0 Å². The van der Waals surface area contributed by atoms with Crippen LogP contribution in [0.1, 0.15) is 36.0 Å². The maximum Gasteiger partial charge on any atom is 0.254 e. The second-order valence-corrected chi connectivity index (χ2v) is 11.3. The second kappa shape index (κ2) is 7.44. The zero-order valence-electron chi connectivity index (χ0n) is 20.7. The van der Waals surface area contributed by atoms with Crippen LogP contribution in [-0.4, -0.2) is 48.5 Å². The van der Waals surface area contributed by atoms with E-state index in [0.29, 0.717) is 40.8 Å². The van der Waals surface area contributed by atoms with E-state index in [0.717, 1.165) is 36.0 Å². The number of nitrogens with two attached hydrogens (primary N) is 1. The number of H-pyrrole nitrogens is 1. The molecule has 188 valence electrons. The first kappa shape index (κ1) is 21.4. The number of piperidine rings is 1. The van der Waals surface area contributed by atoms with Crippen molar-refractivity contribution in [2.24, 2.45) is 24.6 Å². The molecular weight excluding hydrogens is 467 g/mol. The lowest BCUT2D eigenvalue weighted by molar-refractivity contribution is 0.0700. The monoisotopic (exact) mass is 496 g/mol. The van der Waals surface area contributed by atoms with Crippen molar-refractivity contribution in [2.75, 3.05) is 6.54 Å². The summed E-state index contributed by atoms with van der Waals surface area (Å²) in [6.07, 6.45) is 6.42. The van der Waals surface area contributed by atoms with E-state index >= 15 is 4.39 Å². The molecule has 3 atom stereocenters. The molecule has 37 heavy (non-hydrogen) atoms. The maximum absolute atomic E-state index is 15.6. The van der Waals surface area contributed by atoms with Gasteiger partial charge in [-0.3, -0.25) is 4.79 Å². The molecule has 3 fully saturated rings. The molecule has 3 N–H and O–H groups in total. The molecule has 8 heteroatoms. The van der Waals surface area contributed by atoms with Gasteiger partial charge in [-0.2, -0.15) is 0 Å². The SMILES string of the molecule is Cn1c(-c2cc3ccc4[nH]ccc4c3n2CC2CC2)nc2cc(C(=O)N3C[C@H]4CC[C@@H]3[C@@H]4N)cc(F)c21. The lowest BCUT2D eigenvalue weighted by Gasteiger charge is -2.27. The van der Waals surface area contributed by atoms with Gasteiger partial charge in [0, 0.05) is 60.3 Å². The summed E-state index contributed by atoms with van der Waals surface area (Å²) in [5.41, 5.74) is 10.9. The minimum absolute atomic E-state index is 0.0267. The van der Waals surface area contributed by atoms with E-state index in [9.17, 15) is 4.79 Å². The molecule has 1 aliphatic heterocycles. The summed E-state index contributed by atoms with van der Waals surface area (Å²) in [4.78, 5) is 23.5. The minimum atomic E-state index is -0.423. The number of amides is 1. The third kappa shape index (κ3) is 3.02. The highest BCUT2D eigenvalue weighted by molar-refractivity contribution is 6.07. The smallest absolute Gasteiger partial charge is 0.254 e. The van der Waals surface area contributed by atoms with Gasteiger partial charge in [0.2, 0.25) is 0 Å². The molecule has 0 spiro atoms. The number of hydrogen-bond donors (Lipinski definition) is 2. The molecule has 0 radical (unpaired) electrons. The van der Waals surface area contributed by atoms with Crippen LogP contribution in [0, 0.1) is 17.7 Å². The van der Waals surface area contributed by atoms with Crippen LogP contribution in [0.2, 0.25) is 0 Å². The fourth-order valence-electron chi connectivity index (χ4n) is 6.93. The highest BCUT2D eigenvalue weighted by Gasteiger charge is 2.47. The highest BCUT2D eigenvalue weighted by Crippen LogP contribution is 2.40. The van der Waals surface area contributed by atoms with Gasteiger partial charge in [0.1, 0.15) is 11.3 Å². The van der Waals surface area contributed by atoms with E-state index < -0.39 is 5.82 Å². The number of halogens is 1. The molecule has 7 nitrogen and oxygen atoms in total. The fraction of sp³-hybridized carbons (Fsp3) is 0.379. The summed E-state index contributed by atoms with van der Waals surface area (Å²) in [7, 11) is 1.86. The second-order valence-electron chi connectivity index (χ2n) is 11.3. The number of likely N-dealkylation sites (tertiary alicyclic amines) is 1. The molecule has 2 aliphatic carbocycles. The van der Waals surface area contributed by atoms with Crippen LogP contribution in [0.5, 0.6) is 0 Å². The highest BCUT2D eigenvalue weighted by atomic mass is 19.1. The average Bonchev–Trinajstić information content (AvgIpc) is 3.22. The molecule has 1 amide bonds. The van der Waals surface area contributed by atoms with Crippen molar-refractivity contribution in [3.8, 4) is 11.5 Å². The summed E-state index contributed by atoms with van der Waals surface area (Å²) in [6.45, 7) is 1.57. The molecule has 2 aromatic carbocycles. The largest absolute Gasteiger partial charge is 0.361 e. The van der Waals surface area contributed by atoms with Gasteiger partial charge in [-0.1, -0.05) is 6.07 Å². The van der Waals surface area contributed by atoms with E-state index in [4.69, 9.17) is 10.7 Å². The van der Waals surface area contributed by atoms with Crippen molar-refractivity contribution >= 4 is 38.7 Å². The van der Waals surface area contributed by atoms with Crippen molar-refractivity contribution in [2.45, 2.75) is 44.3 Å². The van der Waals surface area contributed by atoms with Crippen LogP contribution >= 0.6 is 0 Å². The number of rotatable bonds is 4. The Morgan fingerprint density at radius 3 is 2.76 bits per heavy atom. The van der Waals surface area contributed by atoms with E-state index in [1.54, 1.807) is 6.07 Å². The first-order valence-electron chi connectivity index (χ1n) is 13.3. The lowest BCUT2D eigenvalue weighted by atomic mass is 10.1. The zero-order valence-corrected chi connectivity index (χ0v) is 20.7. The van der Waals surface area contributed by atoms with Gasteiger partial charge in [-0.25, -0.2) is 9.37 Å². The molecule has 4 heterocycles. The third-order valence-electron chi connectivity index (χ3n) is 9.04. The number of aromatic nitrogens is 4. The topological polar surface area (TPSA) is 84.9 Å². The van der Waals surface area contributed by atoms with Crippen LogP contribution in [0.15, 0.2) is 42.6 Å². The van der Waals surface area contributed by atoms with E-state index in [1.807, 2.05) is 22.7 Å². The molecule has 2 bridgehead atoms. The van der Waals surface area contributed by atoms with E-state index in [1.165, 1.54) is 29.8 Å². The summed E-state index contributed by atoms with van der Waals surface area (Å²) in [6, 6.07) is 11.7.